The number of nitrogens with zero attached hydrogens (tertiary/aromatic N) is 1. The van der Waals surface area contributed by atoms with Crippen LogP contribution in [0.5, 0.6) is 0 Å². The predicted octanol–water partition coefficient (Wildman–Crippen LogP) is 4.70. The van der Waals surface area contributed by atoms with Crippen molar-refractivity contribution in [1.29, 1.82) is 0 Å². The summed E-state index contributed by atoms with van der Waals surface area (Å²) in [5, 5.41) is 2.81. The molecule has 2 bridgehead atoms. The van der Waals surface area contributed by atoms with E-state index in [1.165, 1.54) is 0 Å². The molecule has 3 amide bonds. The molecule has 1 N–H and O–H groups in total. The smallest absolute Gasteiger partial charge is 0.330 e. The number of anilines is 1. The number of nitrogens with one attached hydrogen (secondary N) is 1. The van der Waals surface area contributed by atoms with Gasteiger partial charge in [-0.2, -0.15) is 0 Å². The van der Waals surface area contributed by atoms with Crippen molar-refractivity contribution in [2.75, 3.05) is 11.9 Å². The molecular weight excluding hydrogens is 504 g/mol. The van der Waals surface area contributed by atoms with Gasteiger partial charge >= 0.3 is 5.97 Å². The third-order valence-electron chi connectivity index (χ3n) is 8.72. The molecule has 0 aromatic heterocycles. The number of carbonyl (C=O) groups excluding carboxylic acids is 4. The van der Waals surface area contributed by atoms with Crippen LogP contribution < -0.4 is 5.32 Å². The Bertz CT molecular complexity index is 1420. The summed E-state index contributed by atoms with van der Waals surface area (Å²) in [5.74, 6) is -3.99. The summed E-state index contributed by atoms with van der Waals surface area (Å²) in [7, 11) is 0. The number of benzene rings is 3. The van der Waals surface area contributed by atoms with Crippen molar-refractivity contribution in [1.82, 2.24) is 4.90 Å². The molecule has 0 spiro atoms. The first kappa shape index (κ1) is 26.0. The molecule has 3 aromatic rings. The molecule has 7 heteroatoms. The van der Waals surface area contributed by atoms with E-state index in [2.05, 4.69) is 5.32 Å². The summed E-state index contributed by atoms with van der Waals surface area (Å²) >= 11 is 0. The van der Waals surface area contributed by atoms with Gasteiger partial charge in [0.1, 0.15) is 6.04 Å². The van der Waals surface area contributed by atoms with Gasteiger partial charge in [-0.05, 0) is 53.1 Å². The third kappa shape index (κ3) is 3.86. The largest absolute Gasteiger partial charge is 0.454 e. The Morgan fingerprint density at radius 3 is 1.65 bits per heavy atom. The molecule has 1 aliphatic heterocycles. The Morgan fingerprint density at radius 2 is 1.23 bits per heavy atom. The van der Waals surface area contributed by atoms with Crippen LogP contribution in [0.25, 0.3) is 0 Å². The molecule has 7 nitrogen and oxygen atoms in total. The molecule has 40 heavy (non-hydrogen) atoms. The Hall–Kier alpha value is -4.26. The van der Waals surface area contributed by atoms with Gasteiger partial charge in [-0.25, -0.2) is 4.79 Å². The van der Waals surface area contributed by atoms with Crippen molar-refractivity contribution >= 4 is 29.4 Å². The second-order valence-electron chi connectivity index (χ2n) is 11.4. The number of amides is 3. The minimum Gasteiger partial charge on any atom is -0.454 e. The van der Waals surface area contributed by atoms with E-state index in [4.69, 9.17) is 4.74 Å². The topological polar surface area (TPSA) is 92.8 Å². The normalized spacial score (nSPS) is 23.0. The van der Waals surface area contributed by atoms with Gasteiger partial charge in [-0.3, -0.25) is 19.3 Å². The zero-order valence-electron chi connectivity index (χ0n) is 23.0. The number of carbonyl (C=O) groups is 4. The van der Waals surface area contributed by atoms with Gasteiger partial charge in [-0.1, -0.05) is 80.6 Å². The molecule has 3 aromatic carbocycles. The van der Waals surface area contributed by atoms with E-state index in [9.17, 15) is 19.2 Å². The fourth-order valence-corrected chi connectivity index (χ4v) is 7.06. The molecule has 1 fully saturated rings. The van der Waals surface area contributed by atoms with Crippen molar-refractivity contribution in [3.05, 3.63) is 100 Å². The zero-order valence-corrected chi connectivity index (χ0v) is 23.0. The molecular formula is C33H32N2O5. The van der Waals surface area contributed by atoms with Crippen LogP contribution in [-0.4, -0.2) is 41.2 Å². The van der Waals surface area contributed by atoms with E-state index in [1.54, 1.807) is 13.8 Å². The third-order valence-corrected chi connectivity index (χ3v) is 8.72. The van der Waals surface area contributed by atoms with Crippen LogP contribution in [0.3, 0.4) is 0 Å². The number of aryl methyl sites for hydroxylation is 2. The lowest BCUT2D eigenvalue weighted by molar-refractivity contribution is -0.162. The molecule has 1 heterocycles. The van der Waals surface area contributed by atoms with Crippen LogP contribution in [0.2, 0.25) is 0 Å². The zero-order chi connectivity index (χ0) is 28.3. The minimum absolute atomic E-state index is 0.254. The lowest BCUT2D eigenvalue weighted by Crippen LogP contribution is -2.49. The van der Waals surface area contributed by atoms with Gasteiger partial charge in [0.25, 0.3) is 5.91 Å². The summed E-state index contributed by atoms with van der Waals surface area (Å²) in [6, 6.07) is 20.6. The summed E-state index contributed by atoms with van der Waals surface area (Å²) < 4.78 is 5.44. The number of esters is 1. The van der Waals surface area contributed by atoms with Crippen molar-refractivity contribution < 1.29 is 23.9 Å². The molecule has 4 aliphatic rings. The van der Waals surface area contributed by atoms with E-state index >= 15 is 0 Å². The highest BCUT2D eigenvalue weighted by atomic mass is 16.5. The predicted molar refractivity (Wildman–Crippen MR) is 150 cm³/mol. The average molecular weight is 537 g/mol. The van der Waals surface area contributed by atoms with E-state index in [-0.39, 0.29) is 23.7 Å². The van der Waals surface area contributed by atoms with Gasteiger partial charge in [-0.15, -0.1) is 0 Å². The molecule has 1 saturated heterocycles. The van der Waals surface area contributed by atoms with Gasteiger partial charge in [0, 0.05) is 17.5 Å². The van der Waals surface area contributed by atoms with Crippen LogP contribution in [0, 0.1) is 31.6 Å². The molecule has 0 saturated carbocycles. The minimum atomic E-state index is -1.12. The first-order valence-electron chi connectivity index (χ1n) is 13.8. The Labute approximate surface area is 233 Å². The van der Waals surface area contributed by atoms with Crippen LogP contribution in [-0.2, 0) is 23.9 Å². The van der Waals surface area contributed by atoms with Crippen molar-refractivity contribution in [2.45, 2.75) is 45.6 Å². The Balaban J connectivity index is 1.27. The summed E-state index contributed by atoms with van der Waals surface area (Å²) in [5.41, 5.74) is 6.75. The maximum Gasteiger partial charge on any atom is 0.330 e. The van der Waals surface area contributed by atoms with E-state index in [0.717, 1.165) is 38.3 Å². The number of likely N-dealkylation sites (tertiary alicyclic amines) is 1. The van der Waals surface area contributed by atoms with Crippen LogP contribution in [0.1, 0.15) is 59.1 Å². The first-order valence-corrected chi connectivity index (χ1v) is 13.8. The maximum absolute atomic E-state index is 14.1. The lowest BCUT2D eigenvalue weighted by Gasteiger charge is -2.45. The summed E-state index contributed by atoms with van der Waals surface area (Å²) in [6.07, 6.45) is 0. The van der Waals surface area contributed by atoms with E-state index in [1.807, 2.05) is 80.6 Å². The SMILES string of the molecule is Cc1cccc(C)c1NC(=O)COC(=O)[C@@H](C(C)C)N1C(=O)[C@@H]2C3c4ccccc4C(c4ccccc43)[C@@H]2C1=O. The van der Waals surface area contributed by atoms with E-state index < -0.39 is 42.3 Å². The fraction of sp³-hybridized carbons (Fsp3) is 0.333. The molecule has 3 aliphatic carbocycles. The number of imide groups is 1. The number of ether oxygens (including phenoxy) is 1. The molecule has 0 unspecified atom stereocenters. The van der Waals surface area contributed by atoms with Gasteiger partial charge < -0.3 is 10.1 Å². The number of rotatable bonds is 6. The highest BCUT2D eigenvalue weighted by Gasteiger charge is 2.63. The van der Waals surface area contributed by atoms with Crippen molar-refractivity contribution in [3.8, 4) is 0 Å². The Morgan fingerprint density at radius 1 is 0.775 bits per heavy atom. The molecule has 204 valence electrons. The number of hydrogen-bond donors (Lipinski definition) is 1. The standard InChI is InChI=1S/C33H32N2O5/c1-17(2)30(33(39)40-16-24(36)34-29-18(3)10-9-11-19(29)4)35-31(37)27-25-20-12-5-6-13-21(20)26(28(27)32(35)38)23-15-8-7-14-22(23)25/h5-15,17,25-28,30H,16H2,1-4H3,(H,34,36)/t25?,26?,27-,28+,30-/m1/s1. The van der Waals surface area contributed by atoms with Crippen LogP contribution in [0.4, 0.5) is 5.69 Å². The van der Waals surface area contributed by atoms with Crippen molar-refractivity contribution in [3.63, 3.8) is 0 Å². The maximum atomic E-state index is 14.1. The number of hydrogen-bond acceptors (Lipinski definition) is 5. The number of para-hydroxylation sites is 1. The van der Waals surface area contributed by atoms with Crippen LogP contribution >= 0.6 is 0 Å². The summed E-state index contributed by atoms with van der Waals surface area (Å²) in [6.45, 7) is 6.82. The first-order chi connectivity index (χ1) is 19.2. The van der Waals surface area contributed by atoms with Gasteiger partial charge in [0.2, 0.25) is 11.8 Å². The second-order valence-corrected chi connectivity index (χ2v) is 11.4. The van der Waals surface area contributed by atoms with Gasteiger partial charge in [0.15, 0.2) is 6.61 Å². The Kier molecular flexibility index (Phi) is 6.32. The van der Waals surface area contributed by atoms with Crippen LogP contribution in [0.15, 0.2) is 66.7 Å². The highest BCUT2D eigenvalue weighted by molar-refractivity contribution is 6.10. The summed E-state index contributed by atoms with van der Waals surface area (Å²) in [4.78, 5) is 55.4. The van der Waals surface area contributed by atoms with Crippen molar-refractivity contribution in [2.24, 2.45) is 17.8 Å². The van der Waals surface area contributed by atoms with E-state index in [0.29, 0.717) is 5.69 Å². The second kappa shape index (κ2) is 9.73. The highest BCUT2D eigenvalue weighted by Crippen LogP contribution is 2.61. The molecule has 3 atom stereocenters. The molecule has 0 radical (unpaired) electrons. The quantitative estimate of drug-likeness (QED) is 0.364. The monoisotopic (exact) mass is 536 g/mol. The fourth-order valence-electron chi connectivity index (χ4n) is 7.06. The lowest BCUT2D eigenvalue weighted by atomic mass is 9.55. The average Bonchev–Trinajstić information content (AvgIpc) is 3.20. The van der Waals surface area contributed by atoms with Gasteiger partial charge in [0.05, 0.1) is 11.8 Å². The molecule has 7 rings (SSSR count).